The number of benzene rings is 2. The minimum Gasteiger partial charge on any atom is -0.493 e. The monoisotopic (exact) mass is 376 g/mol. The highest BCUT2D eigenvalue weighted by Crippen LogP contribution is 2.38. The van der Waals surface area contributed by atoms with Gasteiger partial charge >= 0.3 is 0 Å². The molecule has 0 bridgehead atoms. The van der Waals surface area contributed by atoms with E-state index in [1.165, 1.54) is 27.4 Å². The Morgan fingerprint density at radius 3 is 2.26 bits per heavy atom. The average molecular weight is 376 g/mol. The Morgan fingerprint density at radius 1 is 1.07 bits per heavy atom. The molecular formula is C20H25FN2O4. The molecule has 0 spiro atoms. The molecule has 0 unspecified atom stereocenters. The Bertz CT molecular complexity index is 757. The van der Waals surface area contributed by atoms with Crippen LogP contribution in [0.25, 0.3) is 0 Å². The van der Waals surface area contributed by atoms with E-state index in [1.807, 2.05) is 0 Å². The first-order chi connectivity index (χ1) is 13.0. The van der Waals surface area contributed by atoms with Crippen LogP contribution in [0.1, 0.15) is 11.1 Å². The molecule has 0 atom stereocenters. The van der Waals surface area contributed by atoms with Gasteiger partial charge in [-0.15, -0.1) is 0 Å². The Morgan fingerprint density at radius 2 is 1.70 bits per heavy atom. The predicted molar refractivity (Wildman–Crippen MR) is 101 cm³/mol. The number of halogens is 1. The molecule has 0 saturated carbocycles. The van der Waals surface area contributed by atoms with Crippen molar-refractivity contribution in [2.45, 2.75) is 13.1 Å². The summed E-state index contributed by atoms with van der Waals surface area (Å²) in [6.45, 7) is 0.812. The van der Waals surface area contributed by atoms with Gasteiger partial charge in [0.1, 0.15) is 5.82 Å². The van der Waals surface area contributed by atoms with Gasteiger partial charge in [0.2, 0.25) is 11.7 Å². The molecule has 2 rings (SSSR count). The minimum atomic E-state index is -0.276. The number of amides is 1. The molecule has 7 heteroatoms. The van der Waals surface area contributed by atoms with Crippen molar-refractivity contribution in [1.29, 1.82) is 0 Å². The van der Waals surface area contributed by atoms with E-state index >= 15 is 0 Å². The summed E-state index contributed by atoms with van der Waals surface area (Å²) in [4.78, 5) is 14.0. The second-order valence-corrected chi connectivity index (χ2v) is 6.07. The molecule has 0 aliphatic carbocycles. The zero-order chi connectivity index (χ0) is 19.8. The van der Waals surface area contributed by atoms with Gasteiger partial charge in [-0.05, 0) is 30.8 Å². The number of likely N-dealkylation sites (N-methyl/N-ethyl adjacent to an activating group) is 1. The number of hydrogen-bond donors (Lipinski definition) is 1. The molecule has 2 aromatic carbocycles. The van der Waals surface area contributed by atoms with Gasteiger partial charge in [-0.1, -0.05) is 18.2 Å². The Hall–Kier alpha value is -2.80. The highest BCUT2D eigenvalue weighted by Gasteiger charge is 2.14. The lowest BCUT2D eigenvalue weighted by Crippen LogP contribution is -2.34. The molecule has 27 heavy (non-hydrogen) atoms. The third kappa shape index (κ3) is 5.59. The van der Waals surface area contributed by atoms with Crippen LogP contribution >= 0.6 is 0 Å². The minimum absolute atomic E-state index is 0.152. The van der Waals surface area contributed by atoms with E-state index in [2.05, 4.69) is 5.32 Å². The van der Waals surface area contributed by atoms with Crippen LogP contribution < -0.4 is 19.5 Å². The highest BCUT2D eigenvalue weighted by atomic mass is 19.1. The maximum atomic E-state index is 13.7. The maximum Gasteiger partial charge on any atom is 0.234 e. The number of carbonyl (C=O) groups is 1. The summed E-state index contributed by atoms with van der Waals surface area (Å²) >= 11 is 0. The molecule has 0 aliphatic heterocycles. The molecule has 0 aromatic heterocycles. The van der Waals surface area contributed by atoms with Crippen molar-refractivity contribution in [3.63, 3.8) is 0 Å². The van der Waals surface area contributed by atoms with E-state index in [1.54, 1.807) is 42.3 Å². The zero-order valence-electron chi connectivity index (χ0n) is 16.0. The summed E-state index contributed by atoms with van der Waals surface area (Å²) in [6, 6.07) is 10.1. The van der Waals surface area contributed by atoms with E-state index in [4.69, 9.17) is 14.2 Å². The fourth-order valence-corrected chi connectivity index (χ4v) is 2.71. The average Bonchev–Trinajstić information content (AvgIpc) is 2.67. The van der Waals surface area contributed by atoms with Crippen molar-refractivity contribution < 1.29 is 23.4 Å². The van der Waals surface area contributed by atoms with Crippen LogP contribution in [0.15, 0.2) is 36.4 Å². The van der Waals surface area contributed by atoms with Crippen LogP contribution in [0.2, 0.25) is 0 Å². The van der Waals surface area contributed by atoms with Crippen molar-refractivity contribution in [1.82, 2.24) is 10.2 Å². The van der Waals surface area contributed by atoms with Gasteiger partial charge in [0.25, 0.3) is 0 Å². The lowest BCUT2D eigenvalue weighted by atomic mass is 10.1. The Kier molecular flexibility index (Phi) is 7.43. The van der Waals surface area contributed by atoms with E-state index < -0.39 is 0 Å². The van der Waals surface area contributed by atoms with Crippen LogP contribution in [0.4, 0.5) is 4.39 Å². The molecule has 0 fully saturated rings. The summed E-state index contributed by atoms with van der Waals surface area (Å²) in [5.41, 5.74) is 1.37. The van der Waals surface area contributed by atoms with E-state index in [0.29, 0.717) is 35.9 Å². The van der Waals surface area contributed by atoms with Crippen LogP contribution in [-0.2, 0) is 17.9 Å². The largest absolute Gasteiger partial charge is 0.493 e. The number of nitrogens with zero attached hydrogens (tertiary/aromatic N) is 1. The molecule has 0 aliphatic rings. The standard InChI is InChI=1S/C20H25FN2O4/c1-23(12-15-7-5-6-8-16(15)21)13-19(24)22-11-14-9-17(25-2)20(27-4)18(10-14)26-3/h5-10H,11-13H2,1-4H3,(H,22,24). The number of hydrogen-bond acceptors (Lipinski definition) is 5. The van der Waals surface area contributed by atoms with Gasteiger partial charge in [-0.25, -0.2) is 4.39 Å². The fourth-order valence-electron chi connectivity index (χ4n) is 2.71. The molecule has 146 valence electrons. The number of rotatable bonds is 9. The molecule has 0 radical (unpaired) electrons. The van der Waals surface area contributed by atoms with Gasteiger partial charge < -0.3 is 19.5 Å². The Balaban J connectivity index is 1.94. The quantitative estimate of drug-likeness (QED) is 0.729. The first-order valence-corrected chi connectivity index (χ1v) is 8.46. The first kappa shape index (κ1) is 20.5. The molecular weight excluding hydrogens is 351 g/mol. The fraction of sp³-hybridized carbons (Fsp3) is 0.350. The van der Waals surface area contributed by atoms with Crippen molar-refractivity contribution in [2.75, 3.05) is 34.9 Å². The third-order valence-corrected chi connectivity index (χ3v) is 4.03. The van der Waals surface area contributed by atoms with E-state index in [-0.39, 0.29) is 18.3 Å². The molecule has 0 heterocycles. The lowest BCUT2D eigenvalue weighted by Gasteiger charge is -2.17. The molecule has 1 amide bonds. The second-order valence-electron chi connectivity index (χ2n) is 6.07. The predicted octanol–water partition coefficient (Wildman–Crippen LogP) is 2.60. The summed E-state index contributed by atoms with van der Waals surface area (Å²) < 4.78 is 29.6. The summed E-state index contributed by atoms with van der Waals surface area (Å²) in [6.07, 6.45) is 0. The van der Waals surface area contributed by atoms with Crippen molar-refractivity contribution in [3.05, 3.63) is 53.3 Å². The number of ether oxygens (including phenoxy) is 3. The highest BCUT2D eigenvalue weighted by molar-refractivity contribution is 5.78. The zero-order valence-corrected chi connectivity index (χ0v) is 16.0. The SMILES string of the molecule is COc1cc(CNC(=O)CN(C)Cc2ccccc2F)cc(OC)c1OC. The summed E-state index contributed by atoms with van der Waals surface area (Å²) in [5.74, 6) is 1.11. The van der Waals surface area contributed by atoms with Crippen LogP contribution in [0.3, 0.4) is 0 Å². The second kappa shape index (κ2) is 9.78. The molecule has 1 N–H and O–H groups in total. The number of nitrogens with one attached hydrogen (secondary N) is 1. The number of methoxy groups -OCH3 is 3. The van der Waals surface area contributed by atoms with E-state index in [9.17, 15) is 9.18 Å². The van der Waals surface area contributed by atoms with Crippen LogP contribution in [0.5, 0.6) is 17.2 Å². The van der Waals surface area contributed by atoms with Gasteiger partial charge in [0.15, 0.2) is 11.5 Å². The summed E-state index contributed by atoms with van der Waals surface area (Å²) in [5, 5.41) is 2.84. The lowest BCUT2D eigenvalue weighted by molar-refractivity contribution is -0.122. The van der Waals surface area contributed by atoms with Gasteiger partial charge in [0, 0.05) is 18.7 Å². The molecule has 6 nitrogen and oxygen atoms in total. The van der Waals surface area contributed by atoms with Crippen LogP contribution in [0, 0.1) is 5.82 Å². The van der Waals surface area contributed by atoms with Crippen molar-refractivity contribution in [3.8, 4) is 17.2 Å². The molecule has 0 saturated heterocycles. The Labute approximate surface area is 158 Å². The van der Waals surface area contributed by atoms with Crippen LogP contribution in [-0.4, -0.2) is 45.7 Å². The topological polar surface area (TPSA) is 60.0 Å². The molecule has 2 aromatic rings. The first-order valence-electron chi connectivity index (χ1n) is 8.46. The normalized spacial score (nSPS) is 10.6. The summed E-state index contributed by atoms with van der Waals surface area (Å²) in [7, 11) is 6.38. The smallest absolute Gasteiger partial charge is 0.234 e. The van der Waals surface area contributed by atoms with Crippen molar-refractivity contribution in [2.24, 2.45) is 0 Å². The van der Waals surface area contributed by atoms with E-state index in [0.717, 1.165) is 5.56 Å². The number of carbonyl (C=O) groups excluding carboxylic acids is 1. The maximum absolute atomic E-state index is 13.7. The third-order valence-electron chi connectivity index (χ3n) is 4.03. The van der Waals surface area contributed by atoms with Gasteiger partial charge in [-0.2, -0.15) is 0 Å². The van der Waals surface area contributed by atoms with Gasteiger partial charge in [0.05, 0.1) is 27.9 Å². The van der Waals surface area contributed by atoms with Gasteiger partial charge in [-0.3, -0.25) is 9.69 Å². The van der Waals surface area contributed by atoms with Crippen molar-refractivity contribution >= 4 is 5.91 Å².